The van der Waals surface area contributed by atoms with Crippen molar-refractivity contribution in [3.8, 4) is 0 Å². The van der Waals surface area contributed by atoms with E-state index in [0.717, 1.165) is 81.1 Å². The summed E-state index contributed by atoms with van der Waals surface area (Å²) in [6, 6.07) is 6.12. The molecule has 3 aromatic heterocycles. The summed E-state index contributed by atoms with van der Waals surface area (Å²) >= 11 is 0. The van der Waals surface area contributed by atoms with Crippen molar-refractivity contribution >= 4 is 45.5 Å². The maximum absolute atomic E-state index is 13.7. The number of fused-ring (bicyclic) bond motifs is 8. The number of carbonyl (C=O) groups excluding carboxylic acids is 2. The van der Waals surface area contributed by atoms with Crippen LogP contribution in [0.1, 0.15) is 208 Å². The van der Waals surface area contributed by atoms with E-state index in [0.29, 0.717) is 34.3 Å². The van der Waals surface area contributed by atoms with Crippen LogP contribution in [-0.4, -0.2) is 55.8 Å². The predicted molar refractivity (Wildman–Crippen MR) is 264 cm³/mol. The number of methoxy groups -OCH3 is 1. The highest BCUT2D eigenvalue weighted by molar-refractivity contribution is 5.96. The summed E-state index contributed by atoms with van der Waals surface area (Å²) in [6.45, 7) is 23.8. The summed E-state index contributed by atoms with van der Waals surface area (Å²) in [5.41, 5.74) is 9.71. The first-order valence-corrected chi connectivity index (χ1v) is 24.7. The molecule has 6 rings (SSSR count). The molecule has 1 aliphatic carbocycles. The minimum absolute atomic E-state index is 0.0748. The number of rotatable bonds is 19. The van der Waals surface area contributed by atoms with Crippen molar-refractivity contribution in [2.45, 2.75) is 183 Å². The Bertz CT molecular complexity index is 2540. The Morgan fingerprint density at radius 3 is 2.05 bits per heavy atom. The maximum atomic E-state index is 13.7. The second-order valence-corrected chi connectivity index (χ2v) is 20.4. The van der Waals surface area contributed by atoms with Gasteiger partial charge >= 0.3 is 11.9 Å². The zero-order chi connectivity index (χ0) is 47.3. The molecule has 354 valence electrons. The molecule has 0 spiro atoms. The molecular weight excluding hydrogens is 813 g/mol. The summed E-state index contributed by atoms with van der Waals surface area (Å²) in [7, 11) is 1.33. The normalized spacial score (nSPS) is 20.9. The van der Waals surface area contributed by atoms with Crippen LogP contribution >= 0.6 is 0 Å². The molecule has 10 heteroatoms. The van der Waals surface area contributed by atoms with Crippen molar-refractivity contribution in [1.29, 1.82) is 0 Å². The highest BCUT2D eigenvalue weighted by Crippen LogP contribution is 2.46. The molecule has 10 nitrogen and oxygen atoms in total. The highest BCUT2D eigenvalue weighted by Gasteiger charge is 2.42. The number of aliphatic hydroxyl groups is 2. The number of aryl methyl sites for hydroxylation is 2. The van der Waals surface area contributed by atoms with Crippen LogP contribution in [0.4, 0.5) is 0 Å². The van der Waals surface area contributed by atoms with E-state index in [1.54, 1.807) is 6.92 Å². The molecule has 0 radical (unpaired) electrons. The van der Waals surface area contributed by atoms with Crippen LogP contribution in [0.15, 0.2) is 29.8 Å². The second-order valence-electron chi connectivity index (χ2n) is 20.4. The predicted octanol–water partition coefficient (Wildman–Crippen LogP) is 12.4. The molecular formula is C55H78N4O6. The van der Waals surface area contributed by atoms with Crippen LogP contribution in [0.2, 0.25) is 0 Å². The average molecular weight is 891 g/mol. The SMILES string of the molecule is CC[C@H]1c2cc3[nH]c4c(c5nc(cc6[nH]c(cc(n2)[C@@H]1C)/c(=C(\C)O)c6C)[C@@H](C)[C@@H]5CCC(=O)OC/C=C(\C)CCC[C@@H](C)CCC[C@@H](C)CCCC(C)C)[C@@H](C(=O)OC)C(O)=c4c3C. The van der Waals surface area contributed by atoms with Gasteiger partial charge in [-0.3, -0.25) is 19.6 Å². The molecule has 4 N–H and O–H groups in total. The van der Waals surface area contributed by atoms with Gasteiger partial charge in [-0.2, -0.15) is 0 Å². The summed E-state index contributed by atoms with van der Waals surface area (Å²) in [4.78, 5) is 44.8. The van der Waals surface area contributed by atoms with Crippen molar-refractivity contribution in [2.75, 3.05) is 13.7 Å². The molecule has 7 atom stereocenters. The van der Waals surface area contributed by atoms with Crippen LogP contribution in [-0.2, 0) is 19.1 Å². The molecule has 3 aliphatic rings. The zero-order valence-electron chi connectivity index (χ0n) is 41.5. The van der Waals surface area contributed by atoms with Gasteiger partial charge in [-0.1, -0.05) is 99.0 Å². The number of hydrogen-bond donors (Lipinski definition) is 4. The van der Waals surface area contributed by atoms with E-state index in [4.69, 9.17) is 19.4 Å². The lowest BCUT2D eigenvalue weighted by atomic mass is 9.84. The lowest BCUT2D eigenvalue weighted by molar-refractivity contribution is -0.143. The third-order valence-corrected chi connectivity index (χ3v) is 14.9. The van der Waals surface area contributed by atoms with E-state index in [1.807, 2.05) is 26.0 Å². The maximum Gasteiger partial charge on any atom is 0.321 e. The number of hydrogen-bond acceptors (Lipinski definition) is 8. The number of esters is 2. The first-order valence-electron chi connectivity index (χ1n) is 24.7. The van der Waals surface area contributed by atoms with E-state index in [9.17, 15) is 19.8 Å². The number of aromatic amines is 2. The fourth-order valence-electron chi connectivity index (χ4n) is 10.8. The van der Waals surface area contributed by atoms with Crippen LogP contribution < -0.4 is 10.4 Å². The molecule has 8 bridgehead atoms. The number of ether oxygens (including phenoxy) is 2. The van der Waals surface area contributed by atoms with Crippen LogP contribution in [0.5, 0.6) is 0 Å². The Balaban J connectivity index is 1.25. The Hall–Kier alpha value is -4.86. The molecule has 0 aromatic carbocycles. The van der Waals surface area contributed by atoms with E-state index in [2.05, 4.69) is 77.5 Å². The Morgan fingerprint density at radius 1 is 0.800 bits per heavy atom. The summed E-state index contributed by atoms with van der Waals surface area (Å²) in [5.74, 6) is 0.302. The van der Waals surface area contributed by atoms with Crippen LogP contribution in [0.3, 0.4) is 0 Å². The molecule has 0 saturated carbocycles. The monoisotopic (exact) mass is 891 g/mol. The van der Waals surface area contributed by atoms with Gasteiger partial charge in [0.15, 0.2) is 0 Å². The zero-order valence-corrected chi connectivity index (χ0v) is 41.5. The van der Waals surface area contributed by atoms with Crippen LogP contribution in [0.25, 0.3) is 33.6 Å². The number of allylic oxidation sites excluding steroid dienone is 1. The van der Waals surface area contributed by atoms with Gasteiger partial charge in [0.05, 0.1) is 29.6 Å². The largest absolute Gasteiger partial charge is 0.512 e. The van der Waals surface area contributed by atoms with E-state index in [-0.39, 0.29) is 54.2 Å². The molecule has 2 aliphatic heterocycles. The highest BCUT2D eigenvalue weighted by atomic mass is 16.5. The number of nitrogens with zero attached hydrogens (tertiary/aromatic N) is 2. The molecule has 0 unspecified atom stereocenters. The number of H-pyrrole nitrogens is 2. The van der Waals surface area contributed by atoms with Gasteiger partial charge < -0.3 is 29.7 Å². The first kappa shape index (κ1) is 49.6. The van der Waals surface area contributed by atoms with Gasteiger partial charge in [-0.15, -0.1) is 0 Å². The number of aliphatic hydroxyl groups excluding tert-OH is 2. The minimum Gasteiger partial charge on any atom is -0.512 e. The molecule has 65 heavy (non-hydrogen) atoms. The van der Waals surface area contributed by atoms with Gasteiger partial charge in [-0.25, -0.2) is 0 Å². The lowest BCUT2D eigenvalue weighted by Gasteiger charge is -2.19. The molecule has 3 aromatic rings. The molecule has 0 amide bonds. The van der Waals surface area contributed by atoms with E-state index in [1.165, 1.54) is 57.6 Å². The fraction of sp³-hybridized carbons (Fsp3) is 0.600. The molecule has 5 heterocycles. The van der Waals surface area contributed by atoms with Crippen LogP contribution in [0, 0.1) is 31.6 Å². The third-order valence-electron chi connectivity index (χ3n) is 14.9. The number of aromatic nitrogens is 4. The molecule has 0 fully saturated rings. The Labute approximate surface area is 387 Å². The minimum atomic E-state index is -1.09. The quantitative estimate of drug-likeness (QED) is 0.0686. The Kier molecular flexibility index (Phi) is 16.5. The van der Waals surface area contributed by atoms with Crippen molar-refractivity contribution < 1.29 is 29.3 Å². The number of carbonyl (C=O) groups is 2. The molecule has 0 saturated heterocycles. The van der Waals surface area contributed by atoms with Gasteiger partial charge in [0.25, 0.3) is 0 Å². The summed E-state index contributed by atoms with van der Waals surface area (Å²) < 4.78 is 11.1. The average Bonchev–Trinajstić information content (AvgIpc) is 4.00. The second kappa shape index (κ2) is 21.6. The van der Waals surface area contributed by atoms with Crippen molar-refractivity contribution in [3.63, 3.8) is 0 Å². The fourth-order valence-corrected chi connectivity index (χ4v) is 10.8. The smallest absolute Gasteiger partial charge is 0.321 e. The lowest BCUT2D eigenvalue weighted by Crippen LogP contribution is -2.18. The van der Waals surface area contributed by atoms with Gasteiger partial charge in [0, 0.05) is 74.2 Å². The van der Waals surface area contributed by atoms with E-state index < -0.39 is 11.9 Å². The van der Waals surface area contributed by atoms with E-state index >= 15 is 0 Å². The third kappa shape index (κ3) is 11.1. The first-order chi connectivity index (χ1) is 30.9. The summed E-state index contributed by atoms with van der Waals surface area (Å²) in [5, 5.41) is 24.2. The van der Waals surface area contributed by atoms with Gasteiger partial charge in [-0.05, 0) is 107 Å². The summed E-state index contributed by atoms with van der Waals surface area (Å²) in [6.07, 6.45) is 14.8. The number of nitrogens with one attached hydrogen (secondary N) is 2. The van der Waals surface area contributed by atoms with Crippen molar-refractivity contribution in [3.05, 3.63) is 79.8 Å². The Morgan fingerprint density at radius 2 is 1.40 bits per heavy atom. The topological polar surface area (TPSA) is 150 Å². The van der Waals surface area contributed by atoms with Gasteiger partial charge in [0.1, 0.15) is 18.3 Å². The van der Waals surface area contributed by atoms with Gasteiger partial charge in [0.2, 0.25) is 0 Å². The van der Waals surface area contributed by atoms with Crippen molar-refractivity contribution in [2.24, 2.45) is 17.8 Å². The van der Waals surface area contributed by atoms with Crippen molar-refractivity contribution in [1.82, 2.24) is 19.9 Å². The standard InChI is InChI=1S/C55H78N4O6/c1-13-39-34(7)41-29-46-48(38(11)60)36(9)43(57-46)27-42-35(8)40(52(58-42)50-51(55(63)64-12)54(62)49-37(10)44(59-53(49)50)28-45(39)56-41)23-24-47(61)65-26-25-33(6)22-16-21-32(5)20-15-19-31(4)18-14-17-30(2)3/h25,27-32,34-35,39-40,51,57,59-60,62H,13-24,26H2,1-12H3/b33-25+,42-27?,45-28?,46-29?,48-38+/t31-,32-,34+,35-,39+,40-,51+/m0/s1.